The first-order valence-corrected chi connectivity index (χ1v) is 6.58. The van der Waals surface area contributed by atoms with Crippen LogP contribution < -0.4 is 11.1 Å². The first kappa shape index (κ1) is 14.0. The molecule has 0 aliphatic carbocycles. The molecular formula is C14H21N3O2. The Kier molecular flexibility index (Phi) is 4.90. The van der Waals surface area contributed by atoms with E-state index in [-0.39, 0.29) is 18.0 Å². The van der Waals surface area contributed by atoms with Gasteiger partial charge in [-0.05, 0) is 5.56 Å². The number of nitrogens with zero attached hydrogens (tertiary/aromatic N) is 1. The van der Waals surface area contributed by atoms with Gasteiger partial charge in [-0.15, -0.1) is 0 Å². The van der Waals surface area contributed by atoms with Crippen LogP contribution in [0.1, 0.15) is 11.6 Å². The topological polar surface area (TPSA) is 67.6 Å². The van der Waals surface area contributed by atoms with Crippen molar-refractivity contribution < 1.29 is 9.53 Å². The van der Waals surface area contributed by atoms with Crippen molar-refractivity contribution in [3.05, 3.63) is 35.9 Å². The summed E-state index contributed by atoms with van der Waals surface area (Å²) < 4.78 is 5.42. The Labute approximate surface area is 113 Å². The van der Waals surface area contributed by atoms with E-state index in [4.69, 9.17) is 10.5 Å². The minimum absolute atomic E-state index is 0.0194. The molecule has 1 aliphatic rings. The summed E-state index contributed by atoms with van der Waals surface area (Å²) >= 11 is 0. The smallest absolute Gasteiger partial charge is 0.239 e. The van der Waals surface area contributed by atoms with Crippen LogP contribution in [0, 0.1) is 0 Å². The van der Waals surface area contributed by atoms with Gasteiger partial charge in [0.15, 0.2) is 0 Å². The summed E-state index contributed by atoms with van der Waals surface area (Å²) in [5, 5.41) is 2.69. The van der Waals surface area contributed by atoms with Gasteiger partial charge in [0.1, 0.15) is 6.04 Å². The van der Waals surface area contributed by atoms with Gasteiger partial charge in [0.25, 0.3) is 0 Å². The quantitative estimate of drug-likeness (QED) is 0.810. The van der Waals surface area contributed by atoms with Crippen LogP contribution in [0.2, 0.25) is 0 Å². The van der Waals surface area contributed by atoms with Crippen LogP contribution in [0.15, 0.2) is 30.3 Å². The van der Waals surface area contributed by atoms with Crippen molar-refractivity contribution in [2.45, 2.75) is 12.1 Å². The van der Waals surface area contributed by atoms with E-state index in [1.54, 1.807) is 7.05 Å². The molecule has 0 radical (unpaired) electrons. The zero-order valence-electron chi connectivity index (χ0n) is 11.2. The number of carbonyl (C=O) groups is 1. The summed E-state index contributed by atoms with van der Waals surface area (Å²) in [5.41, 5.74) is 7.06. The maximum atomic E-state index is 12.0. The molecule has 19 heavy (non-hydrogen) atoms. The second-order valence-electron chi connectivity index (χ2n) is 4.60. The summed E-state index contributed by atoms with van der Waals surface area (Å²) in [4.78, 5) is 14.1. The van der Waals surface area contributed by atoms with E-state index in [0.717, 1.165) is 12.1 Å². The molecule has 5 nitrogen and oxygen atoms in total. The number of benzene rings is 1. The highest BCUT2D eigenvalue weighted by atomic mass is 16.5. The fraction of sp³-hybridized carbons (Fsp3) is 0.500. The molecule has 104 valence electrons. The summed E-state index contributed by atoms with van der Waals surface area (Å²) in [6.45, 7) is 2.26. The summed E-state index contributed by atoms with van der Waals surface area (Å²) in [6.07, 6.45) is 0. The molecule has 5 heteroatoms. The first-order chi connectivity index (χ1) is 9.27. The van der Waals surface area contributed by atoms with E-state index in [1.165, 1.54) is 0 Å². The molecular weight excluding hydrogens is 242 g/mol. The Morgan fingerprint density at radius 3 is 2.89 bits per heavy atom. The molecule has 1 aromatic carbocycles. The lowest BCUT2D eigenvalue weighted by atomic mass is 10.0. The van der Waals surface area contributed by atoms with Gasteiger partial charge in [0.05, 0.1) is 13.2 Å². The van der Waals surface area contributed by atoms with Gasteiger partial charge in [-0.2, -0.15) is 0 Å². The molecule has 0 spiro atoms. The Hall–Kier alpha value is -1.43. The van der Waals surface area contributed by atoms with Gasteiger partial charge in [-0.25, -0.2) is 0 Å². The number of amides is 1. The van der Waals surface area contributed by atoms with E-state index >= 15 is 0 Å². The highest BCUT2D eigenvalue weighted by molar-refractivity contribution is 5.81. The van der Waals surface area contributed by atoms with Crippen molar-refractivity contribution in [2.24, 2.45) is 5.73 Å². The molecule has 1 aliphatic heterocycles. The third-order valence-electron chi connectivity index (χ3n) is 3.53. The number of carbonyl (C=O) groups excluding carboxylic acids is 1. The third kappa shape index (κ3) is 3.12. The molecule has 0 bridgehead atoms. The van der Waals surface area contributed by atoms with Crippen LogP contribution in [0.5, 0.6) is 0 Å². The van der Waals surface area contributed by atoms with E-state index in [1.807, 2.05) is 30.3 Å². The van der Waals surface area contributed by atoms with Crippen molar-refractivity contribution in [1.82, 2.24) is 10.2 Å². The highest BCUT2D eigenvalue weighted by Crippen LogP contribution is 2.23. The molecule has 2 unspecified atom stereocenters. The van der Waals surface area contributed by atoms with Gasteiger partial charge < -0.3 is 15.8 Å². The van der Waals surface area contributed by atoms with Gasteiger partial charge in [0.2, 0.25) is 5.91 Å². The molecule has 0 saturated carbocycles. The molecule has 2 rings (SSSR count). The van der Waals surface area contributed by atoms with Crippen LogP contribution in [0.25, 0.3) is 0 Å². The Bertz CT molecular complexity index is 410. The monoisotopic (exact) mass is 263 g/mol. The zero-order valence-corrected chi connectivity index (χ0v) is 11.2. The minimum Gasteiger partial charge on any atom is -0.378 e. The van der Waals surface area contributed by atoms with Gasteiger partial charge in [-0.1, -0.05) is 30.3 Å². The van der Waals surface area contributed by atoms with Gasteiger partial charge in [-0.3, -0.25) is 9.69 Å². The maximum absolute atomic E-state index is 12.0. The summed E-state index contributed by atoms with van der Waals surface area (Å²) in [6, 6.07) is 9.84. The molecule has 1 fully saturated rings. The molecule has 1 aromatic rings. The summed E-state index contributed by atoms with van der Waals surface area (Å²) in [5.74, 6) is -0.0194. The lowest BCUT2D eigenvalue weighted by molar-refractivity contribution is -0.134. The molecule has 1 amide bonds. The molecule has 1 heterocycles. The zero-order chi connectivity index (χ0) is 13.7. The average Bonchev–Trinajstić information content (AvgIpc) is 2.49. The Balaban J connectivity index is 2.22. The van der Waals surface area contributed by atoms with Crippen molar-refractivity contribution in [3.63, 3.8) is 0 Å². The van der Waals surface area contributed by atoms with Crippen LogP contribution in [-0.4, -0.2) is 50.2 Å². The lowest BCUT2D eigenvalue weighted by Crippen LogP contribution is -2.55. The van der Waals surface area contributed by atoms with Crippen LogP contribution >= 0.6 is 0 Å². The number of likely N-dealkylation sites (N-methyl/N-ethyl adjacent to an activating group) is 1. The van der Waals surface area contributed by atoms with Crippen LogP contribution in [0.3, 0.4) is 0 Å². The van der Waals surface area contributed by atoms with E-state index in [2.05, 4.69) is 10.2 Å². The van der Waals surface area contributed by atoms with Crippen molar-refractivity contribution in [3.8, 4) is 0 Å². The number of hydrogen-bond acceptors (Lipinski definition) is 4. The van der Waals surface area contributed by atoms with E-state index in [0.29, 0.717) is 19.8 Å². The second kappa shape index (κ2) is 6.65. The number of hydrogen-bond donors (Lipinski definition) is 2. The standard InChI is InChI=1S/C14H21N3O2/c1-16-14(18)13-10-19-8-7-17(13)12(9-15)11-5-3-2-4-6-11/h2-6,12-13H,7-10,15H2,1H3,(H,16,18). The predicted octanol–water partition coefficient (Wildman–Crippen LogP) is 0.133. The predicted molar refractivity (Wildman–Crippen MR) is 73.6 cm³/mol. The van der Waals surface area contributed by atoms with Gasteiger partial charge >= 0.3 is 0 Å². The largest absolute Gasteiger partial charge is 0.378 e. The minimum atomic E-state index is -0.271. The SMILES string of the molecule is CNC(=O)C1COCCN1C(CN)c1ccccc1. The van der Waals surface area contributed by atoms with Crippen LogP contribution in [0.4, 0.5) is 0 Å². The normalized spacial score (nSPS) is 21.9. The first-order valence-electron chi connectivity index (χ1n) is 6.58. The average molecular weight is 263 g/mol. The maximum Gasteiger partial charge on any atom is 0.239 e. The number of morpholine rings is 1. The van der Waals surface area contributed by atoms with E-state index < -0.39 is 0 Å². The number of rotatable bonds is 4. The molecule has 0 aromatic heterocycles. The Morgan fingerprint density at radius 1 is 1.53 bits per heavy atom. The molecule has 2 atom stereocenters. The van der Waals surface area contributed by atoms with Crippen molar-refractivity contribution >= 4 is 5.91 Å². The summed E-state index contributed by atoms with van der Waals surface area (Å²) in [7, 11) is 1.65. The molecule has 1 saturated heterocycles. The fourth-order valence-corrected chi connectivity index (χ4v) is 2.52. The van der Waals surface area contributed by atoms with Gasteiger partial charge in [0, 0.05) is 26.2 Å². The molecule has 3 N–H and O–H groups in total. The van der Waals surface area contributed by atoms with E-state index in [9.17, 15) is 4.79 Å². The Morgan fingerprint density at radius 2 is 2.26 bits per heavy atom. The third-order valence-corrected chi connectivity index (χ3v) is 3.53. The fourth-order valence-electron chi connectivity index (χ4n) is 2.52. The lowest BCUT2D eigenvalue weighted by Gasteiger charge is -2.39. The highest BCUT2D eigenvalue weighted by Gasteiger charge is 2.33. The second-order valence-corrected chi connectivity index (χ2v) is 4.60. The number of nitrogens with one attached hydrogen (secondary N) is 1. The number of nitrogens with two attached hydrogens (primary N) is 1. The van der Waals surface area contributed by atoms with Crippen molar-refractivity contribution in [2.75, 3.05) is 33.4 Å². The van der Waals surface area contributed by atoms with Crippen LogP contribution in [-0.2, 0) is 9.53 Å². The number of ether oxygens (including phenoxy) is 1. The van der Waals surface area contributed by atoms with Crippen molar-refractivity contribution in [1.29, 1.82) is 0 Å².